The number of halogens is 3. The van der Waals surface area contributed by atoms with E-state index in [1.165, 1.54) is 12.1 Å². The van der Waals surface area contributed by atoms with Gasteiger partial charge in [0.15, 0.2) is 0 Å². The van der Waals surface area contributed by atoms with Crippen LogP contribution >= 0.6 is 27.5 Å². The van der Waals surface area contributed by atoms with Crippen molar-refractivity contribution in [1.29, 1.82) is 0 Å². The van der Waals surface area contributed by atoms with Gasteiger partial charge in [0.05, 0.1) is 5.02 Å². The smallest absolute Gasteiger partial charge is 0.124 e. The Kier molecular flexibility index (Phi) is 4.14. The lowest BCUT2D eigenvalue weighted by molar-refractivity contribution is 0.628. The molecule has 14 heavy (non-hydrogen) atoms. The molecule has 0 aliphatic heterocycles. The molecule has 0 spiro atoms. The first-order chi connectivity index (χ1) is 6.50. The Labute approximate surface area is 96.9 Å². The Balaban J connectivity index is 3.03. The van der Waals surface area contributed by atoms with Gasteiger partial charge in [0.2, 0.25) is 0 Å². The molecule has 1 unspecified atom stereocenters. The van der Waals surface area contributed by atoms with Gasteiger partial charge in [0, 0.05) is 4.83 Å². The third-order valence-corrected chi connectivity index (χ3v) is 3.02. The summed E-state index contributed by atoms with van der Waals surface area (Å²) in [6.45, 7) is 4.03. The standard InChI is InChI=1S/C11H11BrClF/c1-7(8(2)12)5-9-3-4-10(14)6-11(9)13/h3-6,8H,1-2H3/b7-5+. The lowest BCUT2D eigenvalue weighted by atomic mass is 10.1. The maximum Gasteiger partial charge on any atom is 0.124 e. The Morgan fingerprint density at radius 2 is 2.21 bits per heavy atom. The van der Waals surface area contributed by atoms with Crippen LogP contribution in [0, 0.1) is 5.82 Å². The predicted molar refractivity (Wildman–Crippen MR) is 63.5 cm³/mol. The molecule has 0 bridgehead atoms. The summed E-state index contributed by atoms with van der Waals surface area (Å²) >= 11 is 9.33. The van der Waals surface area contributed by atoms with Crippen molar-refractivity contribution in [3.05, 3.63) is 40.2 Å². The molecule has 0 heterocycles. The van der Waals surface area contributed by atoms with Crippen LogP contribution in [0.4, 0.5) is 4.39 Å². The molecule has 1 atom stereocenters. The van der Waals surface area contributed by atoms with Crippen LogP contribution in [0.15, 0.2) is 23.8 Å². The van der Waals surface area contributed by atoms with Gasteiger partial charge in [-0.3, -0.25) is 0 Å². The summed E-state index contributed by atoms with van der Waals surface area (Å²) in [7, 11) is 0. The van der Waals surface area contributed by atoms with E-state index in [0.29, 0.717) is 9.85 Å². The Morgan fingerprint density at radius 1 is 1.57 bits per heavy atom. The molecule has 0 aliphatic rings. The Hall–Kier alpha value is -0.340. The first-order valence-corrected chi connectivity index (χ1v) is 5.57. The highest BCUT2D eigenvalue weighted by atomic mass is 79.9. The van der Waals surface area contributed by atoms with Crippen LogP contribution in [-0.2, 0) is 0 Å². The molecule has 3 heteroatoms. The molecular weight excluding hydrogens is 266 g/mol. The van der Waals surface area contributed by atoms with Crippen LogP contribution in [-0.4, -0.2) is 4.83 Å². The molecule has 0 amide bonds. The van der Waals surface area contributed by atoms with Crippen molar-refractivity contribution in [2.75, 3.05) is 0 Å². The monoisotopic (exact) mass is 276 g/mol. The van der Waals surface area contributed by atoms with Crippen LogP contribution in [0.5, 0.6) is 0 Å². The summed E-state index contributed by atoms with van der Waals surface area (Å²) in [5.41, 5.74) is 2.00. The molecule has 0 aromatic heterocycles. The summed E-state index contributed by atoms with van der Waals surface area (Å²) < 4.78 is 12.7. The number of rotatable bonds is 2. The second kappa shape index (κ2) is 4.94. The zero-order valence-electron chi connectivity index (χ0n) is 8.02. The summed E-state index contributed by atoms with van der Waals surface area (Å²) in [6, 6.07) is 4.40. The molecule has 0 saturated heterocycles. The molecule has 1 aromatic rings. The first kappa shape index (κ1) is 11.7. The molecule has 1 rings (SSSR count). The van der Waals surface area contributed by atoms with Crippen LogP contribution in [0.25, 0.3) is 6.08 Å². The minimum absolute atomic E-state index is 0.295. The van der Waals surface area contributed by atoms with E-state index in [2.05, 4.69) is 15.9 Å². The van der Waals surface area contributed by atoms with Gasteiger partial charge in [-0.25, -0.2) is 4.39 Å². The third-order valence-electron chi connectivity index (χ3n) is 1.97. The Bertz CT molecular complexity index is 358. The molecule has 0 N–H and O–H groups in total. The zero-order valence-corrected chi connectivity index (χ0v) is 10.4. The van der Waals surface area contributed by atoms with E-state index in [9.17, 15) is 4.39 Å². The fourth-order valence-corrected chi connectivity index (χ4v) is 1.33. The van der Waals surface area contributed by atoms with Gasteiger partial charge in [0.25, 0.3) is 0 Å². The van der Waals surface area contributed by atoms with E-state index in [-0.39, 0.29) is 5.82 Å². The quantitative estimate of drug-likeness (QED) is 0.689. The number of hydrogen-bond donors (Lipinski definition) is 0. The van der Waals surface area contributed by atoms with Gasteiger partial charge in [-0.15, -0.1) is 0 Å². The van der Waals surface area contributed by atoms with E-state index in [1.54, 1.807) is 6.07 Å². The lowest BCUT2D eigenvalue weighted by Crippen LogP contribution is -1.91. The van der Waals surface area contributed by atoms with E-state index >= 15 is 0 Å². The molecular formula is C11H11BrClF. The average molecular weight is 278 g/mol. The highest BCUT2D eigenvalue weighted by Gasteiger charge is 2.02. The number of alkyl halides is 1. The zero-order chi connectivity index (χ0) is 10.7. The summed E-state index contributed by atoms with van der Waals surface area (Å²) in [5.74, 6) is -0.309. The van der Waals surface area contributed by atoms with Gasteiger partial charge < -0.3 is 0 Å². The summed E-state index contributed by atoms with van der Waals surface area (Å²) in [5, 5.41) is 0.442. The first-order valence-electron chi connectivity index (χ1n) is 4.28. The van der Waals surface area contributed by atoms with E-state index < -0.39 is 0 Å². The number of benzene rings is 1. The van der Waals surface area contributed by atoms with Crippen LogP contribution < -0.4 is 0 Å². The number of allylic oxidation sites excluding steroid dienone is 1. The largest absolute Gasteiger partial charge is 0.207 e. The fraction of sp³-hybridized carbons (Fsp3) is 0.273. The van der Waals surface area contributed by atoms with Crippen LogP contribution in [0.1, 0.15) is 19.4 Å². The van der Waals surface area contributed by atoms with Gasteiger partial charge in [-0.05, 0) is 31.5 Å². The minimum atomic E-state index is -0.309. The normalized spacial score (nSPS) is 14.2. The Morgan fingerprint density at radius 3 is 2.71 bits per heavy atom. The average Bonchev–Trinajstić information content (AvgIpc) is 2.09. The maximum absolute atomic E-state index is 12.7. The van der Waals surface area contributed by atoms with Crippen LogP contribution in [0.3, 0.4) is 0 Å². The van der Waals surface area contributed by atoms with Crippen molar-refractivity contribution in [2.45, 2.75) is 18.7 Å². The van der Waals surface area contributed by atoms with Gasteiger partial charge >= 0.3 is 0 Å². The number of hydrogen-bond acceptors (Lipinski definition) is 0. The minimum Gasteiger partial charge on any atom is -0.207 e. The molecule has 0 saturated carbocycles. The molecule has 0 radical (unpaired) electrons. The van der Waals surface area contributed by atoms with Gasteiger partial charge in [0.1, 0.15) is 5.82 Å². The third kappa shape index (κ3) is 3.10. The van der Waals surface area contributed by atoms with Gasteiger partial charge in [-0.2, -0.15) is 0 Å². The molecule has 1 aromatic carbocycles. The SMILES string of the molecule is C/C(=C\c1ccc(F)cc1Cl)C(C)Br. The molecule has 0 aliphatic carbocycles. The van der Waals surface area contributed by atoms with E-state index in [0.717, 1.165) is 11.1 Å². The van der Waals surface area contributed by atoms with Crippen molar-refractivity contribution in [1.82, 2.24) is 0 Å². The van der Waals surface area contributed by atoms with Crippen molar-refractivity contribution < 1.29 is 4.39 Å². The van der Waals surface area contributed by atoms with Crippen molar-refractivity contribution >= 4 is 33.6 Å². The van der Waals surface area contributed by atoms with E-state index in [4.69, 9.17) is 11.6 Å². The highest BCUT2D eigenvalue weighted by Crippen LogP contribution is 2.22. The maximum atomic E-state index is 12.7. The van der Waals surface area contributed by atoms with E-state index in [1.807, 2.05) is 19.9 Å². The van der Waals surface area contributed by atoms with Gasteiger partial charge in [-0.1, -0.05) is 45.2 Å². The topological polar surface area (TPSA) is 0 Å². The second-order valence-electron chi connectivity index (χ2n) is 3.17. The second-order valence-corrected chi connectivity index (χ2v) is 4.95. The summed E-state index contributed by atoms with van der Waals surface area (Å²) in [6.07, 6.45) is 1.95. The molecule has 76 valence electrons. The van der Waals surface area contributed by atoms with Crippen LogP contribution in [0.2, 0.25) is 5.02 Å². The van der Waals surface area contributed by atoms with Crippen molar-refractivity contribution in [2.24, 2.45) is 0 Å². The molecule has 0 fully saturated rings. The van der Waals surface area contributed by atoms with Crippen molar-refractivity contribution in [3.63, 3.8) is 0 Å². The van der Waals surface area contributed by atoms with Crippen molar-refractivity contribution in [3.8, 4) is 0 Å². The molecule has 0 nitrogen and oxygen atoms in total. The summed E-state index contributed by atoms with van der Waals surface area (Å²) in [4.78, 5) is 0.295. The fourth-order valence-electron chi connectivity index (χ4n) is 0.979. The lowest BCUT2D eigenvalue weighted by Gasteiger charge is -2.04. The highest BCUT2D eigenvalue weighted by molar-refractivity contribution is 9.09. The predicted octanol–water partition coefficient (Wildman–Crippen LogP) is 4.67.